The summed E-state index contributed by atoms with van der Waals surface area (Å²) in [5.41, 5.74) is 5.15. The average Bonchev–Trinajstić information content (AvgIpc) is 3.67. The van der Waals surface area contributed by atoms with E-state index in [0.717, 1.165) is 15.6 Å². The number of carbonyl (C=O) groups is 1. The molecule has 0 saturated carbocycles. The summed E-state index contributed by atoms with van der Waals surface area (Å²) in [6, 6.07) is 34.9. The minimum atomic E-state index is -2.88. The molecule has 0 aliphatic carbocycles. The molecule has 4 aromatic carbocycles. The van der Waals surface area contributed by atoms with Crippen LogP contribution in [-0.4, -0.2) is 42.9 Å². The number of allylic oxidation sites excluding steroid dienone is 1. The SMILES string of the molecule is COc1ccc(-c2cc(-c3ccccc3)n(B(F)F)c2N=C2N=C(c3ccccc3)C=C2c2ccc(OCC(C)=O)cc2)cc1. The number of aromatic nitrogens is 1. The largest absolute Gasteiger partial charge is 0.679 e. The number of methoxy groups -OCH3 is 1. The number of ether oxygens (including phenoxy) is 2. The summed E-state index contributed by atoms with van der Waals surface area (Å²) in [6.45, 7) is 1.43. The van der Waals surface area contributed by atoms with E-state index in [9.17, 15) is 4.79 Å². The highest BCUT2D eigenvalue weighted by Crippen LogP contribution is 2.41. The van der Waals surface area contributed by atoms with Gasteiger partial charge in [0, 0.05) is 22.4 Å². The normalized spacial score (nSPS) is 13.4. The van der Waals surface area contributed by atoms with Crippen molar-refractivity contribution in [3.8, 4) is 33.9 Å². The highest BCUT2D eigenvalue weighted by atomic mass is 19.2. The maximum absolute atomic E-state index is 15.0. The molecule has 45 heavy (non-hydrogen) atoms. The minimum absolute atomic E-state index is 0.0292. The smallest absolute Gasteiger partial charge is 0.497 e. The van der Waals surface area contributed by atoms with Crippen molar-refractivity contribution in [1.82, 2.24) is 4.48 Å². The van der Waals surface area contributed by atoms with Crippen molar-refractivity contribution in [2.75, 3.05) is 13.7 Å². The van der Waals surface area contributed by atoms with Gasteiger partial charge in [0.25, 0.3) is 0 Å². The highest BCUT2D eigenvalue weighted by Gasteiger charge is 2.30. The van der Waals surface area contributed by atoms with Gasteiger partial charge < -0.3 is 14.0 Å². The third-order valence-electron chi connectivity index (χ3n) is 7.31. The number of aliphatic imine (C=N–C) groups is 2. The van der Waals surface area contributed by atoms with Gasteiger partial charge in [-0.1, -0.05) is 84.9 Å². The van der Waals surface area contributed by atoms with Gasteiger partial charge in [0.1, 0.15) is 23.9 Å². The average molecular weight is 599 g/mol. The fraction of sp³-hybridized carbons (Fsp3) is 0.0833. The predicted octanol–water partition coefficient (Wildman–Crippen LogP) is 8.19. The first-order valence-corrected chi connectivity index (χ1v) is 14.3. The lowest BCUT2D eigenvalue weighted by Gasteiger charge is -2.11. The van der Waals surface area contributed by atoms with Crippen LogP contribution in [0.5, 0.6) is 11.5 Å². The predicted molar refractivity (Wildman–Crippen MR) is 176 cm³/mol. The molecular weight excluding hydrogens is 571 g/mol. The van der Waals surface area contributed by atoms with Crippen LogP contribution >= 0.6 is 0 Å². The number of ketones is 1. The molecule has 0 saturated heterocycles. The quantitative estimate of drug-likeness (QED) is 0.152. The standard InChI is InChI=1S/C36H28BF2N3O3/c1-24(43)23-45-30-19-15-25(16-20-30)31-21-33(27-9-5-3-6-10-27)40-35(31)41-36-32(26-13-17-29(44-2)18-14-26)22-34(42(36)37(38)39)28-11-7-4-8-12-28/h3-22H,23H2,1-2H3. The molecule has 0 N–H and O–H groups in total. The van der Waals surface area contributed by atoms with Crippen molar-refractivity contribution in [1.29, 1.82) is 0 Å². The molecule has 6 nitrogen and oxygen atoms in total. The van der Waals surface area contributed by atoms with Gasteiger partial charge in [-0.3, -0.25) is 13.4 Å². The van der Waals surface area contributed by atoms with Crippen molar-refractivity contribution in [2.45, 2.75) is 6.92 Å². The van der Waals surface area contributed by atoms with Crippen molar-refractivity contribution >= 4 is 36.1 Å². The van der Waals surface area contributed by atoms with Gasteiger partial charge in [0.2, 0.25) is 0 Å². The van der Waals surface area contributed by atoms with Gasteiger partial charge in [-0.2, -0.15) is 0 Å². The Morgan fingerprint density at radius 2 is 1.40 bits per heavy atom. The lowest BCUT2D eigenvalue weighted by Crippen LogP contribution is -2.14. The van der Waals surface area contributed by atoms with E-state index in [4.69, 9.17) is 19.5 Å². The maximum atomic E-state index is 15.0. The number of hydrogen-bond donors (Lipinski definition) is 0. The zero-order chi connectivity index (χ0) is 31.3. The summed E-state index contributed by atoms with van der Waals surface area (Å²) >= 11 is 0. The number of Topliss-reactive ketones (excluding diaryl/α,β-unsaturated/α-hetero) is 1. The van der Waals surface area contributed by atoms with Crippen LogP contribution in [0.4, 0.5) is 14.4 Å². The molecule has 0 bridgehead atoms. The molecule has 6 rings (SSSR count). The molecule has 0 unspecified atom stereocenters. The molecule has 5 aromatic rings. The topological polar surface area (TPSA) is 65.2 Å². The number of amidine groups is 1. The second-order valence-electron chi connectivity index (χ2n) is 10.4. The summed E-state index contributed by atoms with van der Waals surface area (Å²) in [4.78, 5) is 21.1. The number of nitrogens with zero attached hydrogens (tertiary/aromatic N) is 3. The fourth-order valence-corrected chi connectivity index (χ4v) is 5.12. The van der Waals surface area contributed by atoms with Crippen molar-refractivity contribution in [2.24, 2.45) is 9.98 Å². The summed E-state index contributed by atoms with van der Waals surface area (Å²) in [5.74, 6) is 1.47. The van der Waals surface area contributed by atoms with Crippen LogP contribution in [0.3, 0.4) is 0 Å². The monoisotopic (exact) mass is 599 g/mol. The van der Waals surface area contributed by atoms with E-state index in [2.05, 4.69) is 0 Å². The molecule has 2 heterocycles. The van der Waals surface area contributed by atoms with Crippen LogP contribution in [0.2, 0.25) is 0 Å². The Bertz CT molecular complexity index is 1920. The van der Waals surface area contributed by atoms with Crippen LogP contribution in [0.25, 0.3) is 28.0 Å². The molecule has 0 spiro atoms. The first-order chi connectivity index (χ1) is 21.9. The van der Waals surface area contributed by atoms with Crippen LogP contribution in [0, 0.1) is 0 Å². The fourth-order valence-electron chi connectivity index (χ4n) is 5.12. The molecule has 0 fully saturated rings. The van der Waals surface area contributed by atoms with Gasteiger partial charge in [0.05, 0.1) is 12.8 Å². The van der Waals surface area contributed by atoms with Crippen molar-refractivity contribution in [3.63, 3.8) is 0 Å². The number of hydrogen-bond acceptors (Lipinski definition) is 4. The van der Waals surface area contributed by atoms with Gasteiger partial charge in [-0.15, -0.1) is 0 Å². The van der Waals surface area contributed by atoms with E-state index in [0.29, 0.717) is 51.0 Å². The number of rotatable bonds is 10. The molecule has 1 aliphatic heterocycles. The number of halogens is 2. The Morgan fingerprint density at radius 1 is 0.800 bits per heavy atom. The second-order valence-corrected chi connectivity index (χ2v) is 10.4. The highest BCUT2D eigenvalue weighted by molar-refractivity contribution is 6.43. The zero-order valence-corrected chi connectivity index (χ0v) is 24.7. The first-order valence-electron chi connectivity index (χ1n) is 14.3. The third kappa shape index (κ3) is 6.38. The van der Waals surface area contributed by atoms with Crippen LogP contribution in [0.1, 0.15) is 18.1 Å². The van der Waals surface area contributed by atoms with Gasteiger partial charge in [0.15, 0.2) is 11.6 Å². The van der Waals surface area contributed by atoms with E-state index in [1.54, 1.807) is 49.6 Å². The first kappa shape index (κ1) is 29.5. The van der Waals surface area contributed by atoms with Gasteiger partial charge in [-0.05, 0) is 60.0 Å². The lowest BCUT2D eigenvalue weighted by atomic mass is 10.0. The summed E-state index contributed by atoms with van der Waals surface area (Å²) < 4.78 is 41.9. The van der Waals surface area contributed by atoms with Crippen LogP contribution in [-0.2, 0) is 4.79 Å². The van der Waals surface area contributed by atoms with Crippen LogP contribution < -0.4 is 9.47 Å². The molecule has 1 aliphatic rings. The number of carbonyl (C=O) groups excluding carboxylic acids is 1. The molecule has 0 amide bonds. The Kier molecular flexibility index (Phi) is 8.51. The van der Waals surface area contributed by atoms with Crippen molar-refractivity contribution in [3.05, 3.63) is 132 Å². The van der Waals surface area contributed by atoms with E-state index >= 15 is 8.63 Å². The number of benzene rings is 4. The molecule has 0 radical (unpaired) electrons. The zero-order valence-electron chi connectivity index (χ0n) is 24.7. The summed E-state index contributed by atoms with van der Waals surface area (Å²) in [5, 5.41) is 0. The molecule has 9 heteroatoms. The second kappa shape index (κ2) is 13.0. The van der Waals surface area contributed by atoms with Crippen molar-refractivity contribution < 1.29 is 22.9 Å². The summed E-state index contributed by atoms with van der Waals surface area (Å²) in [7, 11) is -1.30. The van der Waals surface area contributed by atoms with E-state index in [1.165, 1.54) is 6.92 Å². The minimum Gasteiger partial charge on any atom is -0.497 e. The van der Waals surface area contributed by atoms with Gasteiger partial charge >= 0.3 is 7.40 Å². The molecule has 0 atom stereocenters. The Hall–Kier alpha value is -5.57. The summed E-state index contributed by atoms with van der Waals surface area (Å²) in [6.07, 6.45) is 1.90. The van der Waals surface area contributed by atoms with Crippen LogP contribution in [0.15, 0.2) is 131 Å². The van der Waals surface area contributed by atoms with E-state index < -0.39 is 7.40 Å². The van der Waals surface area contributed by atoms with Gasteiger partial charge in [-0.25, -0.2) is 9.98 Å². The third-order valence-corrected chi connectivity index (χ3v) is 7.31. The van der Waals surface area contributed by atoms with E-state index in [1.807, 2.05) is 78.9 Å². The Morgan fingerprint density at radius 3 is 2.00 bits per heavy atom. The van der Waals surface area contributed by atoms with E-state index in [-0.39, 0.29) is 18.2 Å². The lowest BCUT2D eigenvalue weighted by molar-refractivity contribution is -0.118. The Balaban J connectivity index is 1.54. The molecular formula is C36H28BF2N3O3. The molecule has 1 aromatic heterocycles. The molecule has 222 valence electrons. The maximum Gasteiger partial charge on any atom is 0.679 e. The Labute approximate surface area is 260 Å².